The van der Waals surface area contributed by atoms with Crippen LogP contribution in [0.1, 0.15) is 12.8 Å². The summed E-state index contributed by atoms with van der Waals surface area (Å²) in [6, 6.07) is 0.623. The molecule has 0 radical (unpaired) electrons. The molecular formula is C12H24N2O2. The van der Waals surface area contributed by atoms with Crippen molar-refractivity contribution < 1.29 is 9.47 Å². The van der Waals surface area contributed by atoms with Gasteiger partial charge in [0.05, 0.1) is 13.2 Å². The van der Waals surface area contributed by atoms with Gasteiger partial charge in [0.2, 0.25) is 0 Å². The maximum absolute atomic E-state index is 5.59. The summed E-state index contributed by atoms with van der Waals surface area (Å²) in [6.07, 6.45) is 2.31. The van der Waals surface area contributed by atoms with Crippen LogP contribution in [0.15, 0.2) is 0 Å². The van der Waals surface area contributed by atoms with Crippen LogP contribution in [-0.2, 0) is 9.47 Å². The van der Waals surface area contributed by atoms with Crippen LogP contribution in [0.25, 0.3) is 0 Å². The zero-order chi connectivity index (χ0) is 11.2. The fraction of sp³-hybridized carbons (Fsp3) is 1.00. The highest BCUT2D eigenvalue weighted by Gasteiger charge is 2.26. The first-order valence-electron chi connectivity index (χ1n) is 6.45. The average Bonchev–Trinajstić information content (AvgIpc) is 2.58. The largest absolute Gasteiger partial charge is 0.381 e. The third kappa shape index (κ3) is 3.42. The first-order chi connectivity index (χ1) is 7.90. The molecule has 1 N–H and O–H groups in total. The van der Waals surface area contributed by atoms with Crippen molar-refractivity contribution in [1.29, 1.82) is 0 Å². The van der Waals surface area contributed by atoms with E-state index in [-0.39, 0.29) is 0 Å². The van der Waals surface area contributed by atoms with Crippen LogP contribution in [0.3, 0.4) is 0 Å². The van der Waals surface area contributed by atoms with E-state index in [4.69, 9.17) is 9.47 Å². The van der Waals surface area contributed by atoms with E-state index >= 15 is 0 Å². The highest BCUT2D eigenvalue weighted by molar-refractivity contribution is 4.81. The van der Waals surface area contributed by atoms with Crippen molar-refractivity contribution in [3.05, 3.63) is 0 Å². The SMILES string of the molecule is CNC1CCOCC1CN1CCCOCC1. The Labute approximate surface area is 98.3 Å². The second-order valence-electron chi connectivity index (χ2n) is 4.79. The van der Waals surface area contributed by atoms with Gasteiger partial charge in [0.1, 0.15) is 0 Å². The standard InChI is InChI=1S/C12H24N2O2/c1-13-12-3-7-16-10-11(12)9-14-4-2-6-15-8-5-14/h11-13H,2-10H2,1H3. The van der Waals surface area contributed by atoms with Gasteiger partial charge in [-0.3, -0.25) is 0 Å². The fourth-order valence-corrected chi connectivity index (χ4v) is 2.67. The Bertz CT molecular complexity index is 193. The van der Waals surface area contributed by atoms with Crippen LogP contribution in [0.4, 0.5) is 0 Å². The van der Waals surface area contributed by atoms with E-state index in [0.717, 1.165) is 52.4 Å². The molecule has 0 saturated carbocycles. The summed E-state index contributed by atoms with van der Waals surface area (Å²) in [6.45, 7) is 7.02. The van der Waals surface area contributed by atoms with Gasteiger partial charge in [-0.1, -0.05) is 0 Å². The molecule has 2 aliphatic heterocycles. The molecule has 0 aliphatic carbocycles. The lowest BCUT2D eigenvalue weighted by Crippen LogP contribution is -2.47. The average molecular weight is 228 g/mol. The first kappa shape index (κ1) is 12.3. The molecule has 0 aromatic heterocycles. The van der Waals surface area contributed by atoms with Gasteiger partial charge < -0.3 is 19.7 Å². The van der Waals surface area contributed by atoms with Gasteiger partial charge >= 0.3 is 0 Å². The molecule has 2 heterocycles. The molecule has 0 bridgehead atoms. The van der Waals surface area contributed by atoms with Crippen LogP contribution in [-0.4, -0.2) is 64.1 Å². The van der Waals surface area contributed by atoms with Gasteiger partial charge in [-0.25, -0.2) is 0 Å². The summed E-state index contributed by atoms with van der Waals surface area (Å²) in [4.78, 5) is 2.52. The smallest absolute Gasteiger partial charge is 0.0593 e. The predicted octanol–water partition coefficient (Wildman–Crippen LogP) is 0.333. The Hall–Kier alpha value is -0.160. The third-order valence-electron chi connectivity index (χ3n) is 3.65. The molecule has 2 rings (SSSR count). The lowest BCUT2D eigenvalue weighted by Gasteiger charge is -2.34. The topological polar surface area (TPSA) is 33.7 Å². The lowest BCUT2D eigenvalue weighted by atomic mass is 9.95. The molecule has 0 aromatic rings. The number of hydrogen-bond acceptors (Lipinski definition) is 4. The van der Waals surface area contributed by atoms with Crippen molar-refractivity contribution in [2.75, 3.05) is 53.1 Å². The monoisotopic (exact) mass is 228 g/mol. The summed E-state index contributed by atoms with van der Waals surface area (Å²) < 4.78 is 11.1. The minimum Gasteiger partial charge on any atom is -0.381 e. The molecular weight excluding hydrogens is 204 g/mol. The van der Waals surface area contributed by atoms with Gasteiger partial charge in [0.15, 0.2) is 0 Å². The highest BCUT2D eigenvalue weighted by atomic mass is 16.5. The van der Waals surface area contributed by atoms with Gasteiger partial charge in [-0.05, 0) is 19.9 Å². The maximum Gasteiger partial charge on any atom is 0.0593 e. The predicted molar refractivity (Wildman–Crippen MR) is 63.6 cm³/mol. The Balaban J connectivity index is 1.81. The fourth-order valence-electron chi connectivity index (χ4n) is 2.67. The molecule has 2 unspecified atom stereocenters. The molecule has 16 heavy (non-hydrogen) atoms. The van der Waals surface area contributed by atoms with Crippen LogP contribution < -0.4 is 5.32 Å². The van der Waals surface area contributed by atoms with E-state index in [1.54, 1.807) is 0 Å². The van der Waals surface area contributed by atoms with E-state index in [1.807, 2.05) is 0 Å². The maximum atomic E-state index is 5.59. The summed E-state index contributed by atoms with van der Waals surface area (Å²) in [5.41, 5.74) is 0. The minimum atomic E-state index is 0.623. The quantitative estimate of drug-likeness (QED) is 0.755. The molecule has 2 saturated heterocycles. The summed E-state index contributed by atoms with van der Waals surface area (Å²) in [7, 11) is 2.06. The second-order valence-corrected chi connectivity index (χ2v) is 4.79. The number of nitrogens with one attached hydrogen (secondary N) is 1. The number of ether oxygens (including phenoxy) is 2. The number of hydrogen-bond donors (Lipinski definition) is 1. The van der Waals surface area contributed by atoms with Crippen molar-refractivity contribution in [2.24, 2.45) is 5.92 Å². The highest BCUT2D eigenvalue weighted by Crippen LogP contribution is 2.16. The molecule has 0 amide bonds. The van der Waals surface area contributed by atoms with Crippen LogP contribution >= 0.6 is 0 Å². The van der Waals surface area contributed by atoms with E-state index in [9.17, 15) is 0 Å². The van der Waals surface area contributed by atoms with Crippen molar-refractivity contribution in [3.63, 3.8) is 0 Å². The van der Waals surface area contributed by atoms with E-state index in [2.05, 4.69) is 17.3 Å². The Morgan fingerprint density at radius 3 is 3.00 bits per heavy atom. The summed E-state index contributed by atoms with van der Waals surface area (Å²) in [5.74, 6) is 0.636. The molecule has 2 aliphatic rings. The molecule has 94 valence electrons. The summed E-state index contributed by atoms with van der Waals surface area (Å²) in [5, 5.41) is 3.42. The Kier molecular flexibility index (Phi) is 5.03. The molecule has 2 fully saturated rings. The molecule has 0 spiro atoms. The molecule has 4 heteroatoms. The van der Waals surface area contributed by atoms with E-state index < -0.39 is 0 Å². The van der Waals surface area contributed by atoms with Crippen LogP contribution in [0.2, 0.25) is 0 Å². The van der Waals surface area contributed by atoms with E-state index in [1.165, 1.54) is 6.54 Å². The van der Waals surface area contributed by atoms with Crippen LogP contribution in [0, 0.1) is 5.92 Å². The zero-order valence-corrected chi connectivity index (χ0v) is 10.3. The Morgan fingerprint density at radius 1 is 1.19 bits per heavy atom. The van der Waals surface area contributed by atoms with Crippen molar-refractivity contribution in [2.45, 2.75) is 18.9 Å². The normalized spacial score (nSPS) is 33.6. The van der Waals surface area contributed by atoms with Gasteiger partial charge in [0, 0.05) is 44.8 Å². The number of rotatable bonds is 3. The van der Waals surface area contributed by atoms with E-state index in [0.29, 0.717) is 12.0 Å². The second kappa shape index (κ2) is 6.55. The summed E-state index contributed by atoms with van der Waals surface area (Å²) >= 11 is 0. The van der Waals surface area contributed by atoms with Crippen LogP contribution in [0.5, 0.6) is 0 Å². The lowest BCUT2D eigenvalue weighted by molar-refractivity contribution is 0.0180. The third-order valence-corrected chi connectivity index (χ3v) is 3.65. The van der Waals surface area contributed by atoms with Gasteiger partial charge in [-0.2, -0.15) is 0 Å². The van der Waals surface area contributed by atoms with Crippen molar-refractivity contribution in [1.82, 2.24) is 10.2 Å². The van der Waals surface area contributed by atoms with Gasteiger partial charge in [0.25, 0.3) is 0 Å². The zero-order valence-electron chi connectivity index (χ0n) is 10.3. The van der Waals surface area contributed by atoms with Crippen molar-refractivity contribution >= 4 is 0 Å². The molecule has 4 nitrogen and oxygen atoms in total. The number of nitrogens with zero attached hydrogens (tertiary/aromatic N) is 1. The van der Waals surface area contributed by atoms with Crippen molar-refractivity contribution in [3.8, 4) is 0 Å². The van der Waals surface area contributed by atoms with Gasteiger partial charge in [-0.15, -0.1) is 0 Å². The first-order valence-corrected chi connectivity index (χ1v) is 6.45. The molecule has 2 atom stereocenters. The Morgan fingerprint density at radius 2 is 2.12 bits per heavy atom. The molecule has 0 aromatic carbocycles. The minimum absolute atomic E-state index is 0.623.